The first-order valence-corrected chi connectivity index (χ1v) is 9.58. The average Bonchev–Trinajstić information content (AvgIpc) is 3.26. The van der Waals surface area contributed by atoms with E-state index >= 15 is 0 Å². The van der Waals surface area contributed by atoms with Gasteiger partial charge in [0.1, 0.15) is 0 Å². The van der Waals surface area contributed by atoms with Gasteiger partial charge >= 0.3 is 0 Å². The molecule has 2 fully saturated rings. The van der Waals surface area contributed by atoms with Gasteiger partial charge in [0.15, 0.2) is 5.96 Å². The van der Waals surface area contributed by atoms with Crippen LogP contribution in [-0.4, -0.2) is 49.6 Å². The molecule has 4 nitrogen and oxygen atoms in total. The number of benzene rings is 1. The van der Waals surface area contributed by atoms with Crippen molar-refractivity contribution in [3.63, 3.8) is 0 Å². The number of nitrogens with one attached hydrogen (secondary N) is 2. The molecule has 24 heavy (non-hydrogen) atoms. The average molecular weight is 349 g/mol. The molecule has 0 radical (unpaired) electrons. The van der Waals surface area contributed by atoms with E-state index in [2.05, 4.69) is 26.6 Å². The van der Waals surface area contributed by atoms with E-state index in [0.717, 1.165) is 36.5 Å². The molecule has 1 aliphatic carbocycles. The van der Waals surface area contributed by atoms with Crippen LogP contribution in [-0.2, 0) is 6.42 Å². The molecule has 2 aliphatic rings. The Morgan fingerprint density at radius 2 is 2.04 bits per heavy atom. The summed E-state index contributed by atoms with van der Waals surface area (Å²) in [6.07, 6.45) is 7.70. The Labute approximate surface area is 150 Å². The van der Waals surface area contributed by atoms with E-state index in [9.17, 15) is 0 Å². The Bertz CT molecular complexity index is 554. The summed E-state index contributed by atoms with van der Waals surface area (Å²) >= 11 is 6.21. The van der Waals surface area contributed by atoms with E-state index in [1.54, 1.807) is 0 Å². The third-order valence-corrected chi connectivity index (χ3v) is 5.64. The van der Waals surface area contributed by atoms with E-state index in [1.165, 1.54) is 44.2 Å². The molecule has 5 heteroatoms. The van der Waals surface area contributed by atoms with Crippen molar-refractivity contribution in [3.05, 3.63) is 34.9 Å². The molecule has 0 spiro atoms. The molecule has 1 unspecified atom stereocenters. The molecule has 1 aliphatic heterocycles. The van der Waals surface area contributed by atoms with Gasteiger partial charge in [0.2, 0.25) is 0 Å². The predicted octanol–water partition coefficient (Wildman–Crippen LogP) is 3.06. The third-order valence-electron chi connectivity index (χ3n) is 5.27. The molecule has 2 N–H and O–H groups in total. The van der Waals surface area contributed by atoms with Crippen molar-refractivity contribution in [2.24, 2.45) is 4.99 Å². The summed E-state index contributed by atoms with van der Waals surface area (Å²) in [7, 11) is 1.84. The second kappa shape index (κ2) is 8.72. The Balaban J connectivity index is 1.41. The van der Waals surface area contributed by atoms with Crippen LogP contribution in [0.3, 0.4) is 0 Å². The quantitative estimate of drug-likeness (QED) is 0.634. The van der Waals surface area contributed by atoms with E-state index in [-0.39, 0.29) is 0 Å². The Hall–Kier alpha value is -1.26. The zero-order chi connectivity index (χ0) is 16.8. The van der Waals surface area contributed by atoms with Crippen molar-refractivity contribution in [1.29, 1.82) is 0 Å². The molecule has 1 heterocycles. The normalized spacial score (nSPS) is 22.9. The smallest absolute Gasteiger partial charge is 0.191 e. The van der Waals surface area contributed by atoms with Gasteiger partial charge in [0.05, 0.1) is 0 Å². The van der Waals surface area contributed by atoms with Gasteiger partial charge in [-0.1, -0.05) is 42.6 Å². The lowest BCUT2D eigenvalue weighted by atomic mass is 10.1. The highest BCUT2D eigenvalue weighted by Crippen LogP contribution is 2.26. The van der Waals surface area contributed by atoms with Crippen molar-refractivity contribution in [1.82, 2.24) is 15.5 Å². The molecule has 1 aromatic carbocycles. The fourth-order valence-corrected chi connectivity index (χ4v) is 4.14. The van der Waals surface area contributed by atoms with Crippen LogP contribution in [0.15, 0.2) is 29.3 Å². The first-order valence-electron chi connectivity index (χ1n) is 9.21. The van der Waals surface area contributed by atoms with Crippen LogP contribution in [0.25, 0.3) is 0 Å². The number of nitrogens with zero attached hydrogens (tertiary/aromatic N) is 2. The number of rotatable bonds is 5. The molecule has 0 aromatic heterocycles. The monoisotopic (exact) mass is 348 g/mol. The van der Waals surface area contributed by atoms with Gasteiger partial charge in [-0.2, -0.15) is 0 Å². The van der Waals surface area contributed by atoms with Gasteiger partial charge in [-0.3, -0.25) is 9.89 Å². The van der Waals surface area contributed by atoms with Crippen molar-refractivity contribution >= 4 is 17.6 Å². The summed E-state index contributed by atoms with van der Waals surface area (Å²) in [5, 5.41) is 7.84. The van der Waals surface area contributed by atoms with Crippen molar-refractivity contribution < 1.29 is 0 Å². The molecule has 132 valence electrons. The fourth-order valence-electron chi connectivity index (χ4n) is 3.91. The minimum atomic E-state index is 0.511. The van der Waals surface area contributed by atoms with Crippen LogP contribution < -0.4 is 10.6 Å². The fraction of sp³-hybridized carbons (Fsp3) is 0.632. The van der Waals surface area contributed by atoms with Gasteiger partial charge in [0, 0.05) is 43.8 Å². The molecule has 1 atom stereocenters. The minimum Gasteiger partial charge on any atom is -0.356 e. The van der Waals surface area contributed by atoms with Crippen molar-refractivity contribution in [2.75, 3.05) is 26.7 Å². The molecular formula is C19H29ClN4. The van der Waals surface area contributed by atoms with Crippen molar-refractivity contribution in [3.8, 4) is 0 Å². The number of likely N-dealkylation sites (tertiary alicyclic amines) is 1. The number of hydrogen-bond donors (Lipinski definition) is 2. The Morgan fingerprint density at radius 1 is 1.25 bits per heavy atom. The van der Waals surface area contributed by atoms with Gasteiger partial charge in [-0.15, -0.1) is 0 Å². The summed E-state index contributed by atoms with van der Waals surface area (Å²) in [4.78, 5) is 7.04. The van der Waals surface area contributed by atoms with Gasteiger partial charge in [0.25, 0.3) is 0 Å². The van der Waals surface area contributed by atoms with Crippen LogP contribution in [0.2, 0.25) is 5.02 Å². The number of guanidine groups is 1. The van der Waals surface area contributed by atoms with Crippen LogP contribution in [0.5, 0.6) is 0 Å². The molecule has 3 rings (SSSR count). The Morgan fingerprint density at radius 3 is 2.79 bits per heavy atom. The lowest BCUT2D eigenvalue weighted by molar-refractivity contribution is 0.242. The summed E-state index contributed by atoms with van der Waals surface area (Å²) in [5.74, 6) is 0.903. The lowest BCUT2D eigenvalue weighted by Gasteiger charge is -2.24. The van der Waals surface area contributed by atoms with Gasteiger partial charge in [-0.05, 0) is 37.3 Å². The summed E-state index contributed by atoms with van der Waals surface area (Å²) < 4.78 is 0. The van der Waals surface area contributed by atoms with Crippen molar-refractivity contribution in [2.45, 2.75) is 50.6 Å². The molecule has 1 aromatic rings. The second-order valence-electron chi connectivity index (χ2n) is 6.90. The largest absolute Gasteiger partial charge is 0.356 e. The van der Waals surface area contributed by atoms with E-state index in [1.807, 2.05) is 25.2 Å². The standard InChI is InChI=1S/C19H29ClN4/c1-21-19(22-12-10-15-6-2-5-9-18(15)20)23-16-11-13-24(14-16)17-7-3-4-8-17/h2,5-6,9,16-17H,3-4,7-8,10-14H2,1H3,(H2,21,22,23). The van der Waals surface area contributed by atoms with Crippen LogP contribution in [0.4, 0.5) is 0 Å². The van der Waals surface area contributed by atoms with E-state index in [4.69, 9.17) is 11.6 Å². The maximum atomic E-state index is 6.21. The second-order valence-corrected chi connectivity index (χ2v) is 7.31. The number of aliphatic imine (C=N–C) groups is 1. The lowest BCUT2D eigenvalue weighted by Crippen LogP contribution is -2.45. The molecule has 0 bridgehead atoms. The van der Waals surface area contributed by atoms with Crippen LogP contribution in [0.1, 0.15) is 37.7 Å². The topological polar surface area (TPSA) is 39.7 Å². The molecular weight excluding hydrogens is 320 g/mol. The SMILES string of the molecule is CN=C(NCCc1ccccc1Cl)NC1CCN(C2CCCC2)C1. The minimum absolute atomic E-state index is 0.511. The maximum absolute atomic E-state index is 6.21. The third kappa shape index (κ3) is 4.64. The number of halogens is 1. The first kappa shape index (κ1) is 17.6. The van der Waals surface area contributed by atoms with E-state index in [0.29, 0.717) is 6.04 Å². The highest BCUT2D eigenvalue weighted by molar-refractivity contribution is 6.31. The highest BCUT2D eigenvalue weighted by Gasteiger charge is 2.30. The number of hydrogen-bond acceptors (Lipinski definition) is 2. The maximum Gasteiger partial charge on any atom is 0.191 e. The summed E-state index contributed by atoms with van der Waals surface area (Å²) in [6, 6.07) is 9.36. The predicted molar refractivity (Wildman–Crippen MR) is 102 cm³/mol. The highest BCUT2D eigenvalue weighted by atomic mass is 35.5. The summed E-state index contributed by atoms with van der Waals surface area (Å²) in [5.41, 5.74) is 1.18. The zero-order valence-corrected chi connectivity index (χ0v) is 15.4. The van der Waals surface area contributed by atoms with Gasteiger partial charge < -0.3 is 10.6 Å². The molecule has 1 saturated carbocycles. The Kier molecular flexibility index (Phi) is 6.38. The van der Waals surface area contributed by atoms with E-state index < -0.39 is 0 Å². The zero-order valence-electron chi connectivity index (χ0n) is 14.6. The van der Waals surface area contributed by atoms with Gasteiger partial charge in [-0.25, -0.2) is 0 Å². The molecule has 1 saturated heterocycles. The van der Waals surface area contributed by atoms with Crippen LogP contribution >= 0.6 is 11.6 Å². The summed E-state index contributed by atoms with van der Waals surface area (Å²) in [6.45, 7) is 3.21. The molecule has 0 amide bonds. The first-order chi connectivity index (χ1) is 11.8. The van der Waals surface area contributed by atoms with Crippen LogP contribution in [0, 0.1) is 0 Å².